The summed E-state index contributed by atoms with van der Waals surface area (Å²) in [5, 5.41) is 4.68. The minimum atomic E-state index is 0.427. The fraction of sp³-hybridized carbons (Fsp3) is 0.647. The summed E-state index contributed by atoms with van der Waals surface area (Å²) in [7, 11) is 0. The molecule has 2 rings (SSSR count). The molecule has 0 saturated heterocycles. The SMILES string of the molecule is CC(C)C(NC1CCC(C)(C)C1)c1ccc(Cl)cc1. The maximum atomic E-state index is 5.98. The van der Waals surface area contributed by atoms with Crippen molar-refractivity contribution in [2.24, 2.45) is 11.3 Å². The number of hydrogen-bond acceptors (Lipinski definition) is 1. The summed E-state index contributed by atoms with van der Waals surface area (Å²) >= 11 is 5.98. The molecule has 0 spiro atoms. The Morgan fingerprint density at radius 3 is 2.32 bits per heavy atom. The lowest BCUT2D eigenvalue weighted by molar-refractivity contribution is 0.326. The molecule has 2 atom stereocenters. The van der Waals surface area contributed by atoms with E-state index in [1.807, 2.05) is 12.1 Å². The Morgan fingerprint density at radius 1 is 1.21 bits per heavy atom. The molecule has 1 aliphatic rings. The average Bonchev–Trinajstić information content (AvgIpc) is 2.67. The second-order valence-electron chi connectivity index (χ2n) is 7.04. The summed E-state index contributed by atoms with van der Waals surface area (Å²) in [6.45, 7) is 9.32. The number of rotatable bonds is 4. The third-order valence-corrected chi connectivity index (χ3v) is 4.53. The molecule has 1 fully saturated rings. The average molecular weight is 280 g/mol. The zero-order valence-corrected chi connectivity index (χ0v) is 13.3. The van der Waals surface area contributed by atoms with Crippen LogP contribution in [0.1, 0.15) is 58.6 Å². The van der Waals surface area contributed by atoms with Crippen LogP contribution >= 0.6 is 11.6 Å². The highest BCUT2D eigenvalue weighted by Gasteiger charge is 2.32. The summed E-state index contributed by atoms with van der Waals surface area (Å²) < 4.78 is 0. The van der Waals surface area contributed by atoms with Gasteiger partial charge in [0.25, 0.3) is 0 Å². The largest absolute Gasteiger partial charge is 0.307 e. The van der Waals surface area contributed by atoms with E-state index in [1.165, 1.54) is 24.8 Å². The molecular weight excluding hydrogens is 254 g/mol. The van der Waals surface area contributed by atoms with E-state index in [-0.39, 0.29) is 0 Å². The van der Waals surface area contributed by atoms with Crippen LogP contribution in [0.15, 0.2) is 24.3 Å². The van der Waals surface area contributed by atoms with Crippen LogP contribution in [0.5, 0.6) is 0 Å². The minimum absolute atomic E-state index is 0.427. The van der Waals surface area contributed by atoms with Crippen molar-refractivity contribution >= 4 is 11.6 Å². The Kier molecular flexibility index (Phi) is 4.58. The summed E-state index contributed by atoms with van der Waals surface area (Å²) in [5.74, 6) is 0.588. The molecule has 1 saturated carbocycles. The van der Waals surface area contributed by atoms with Gasteiger partial charge in [0.2, 0.25) is 0 Å². The second kappa shape index (κ2) is 5.85. The topological polar surface area (TPSA) is 12.0 Å². The van der Waals surface area contributed by atoms with E-state index in [0.29, 0.717) is 23.4 Å². The normalized spacial score (nSPS) is 23.8. The van der Waals surface area contributed by atoms with Crippen LogP contribution in [0, 0.1) is 11.3 Å². The summed E-state index contributed by atoms with van der Waals surface area (Å²) in [6.07, 6.45) is 3.91. The predicted octanol–water partition coefficient (Wildman–Crippen LogP) is 5.21. The van der Waals surface area contributed by atoms with Gasteiger partial charge in [-0.1, -0.05) is 51.4 Å². The lowest BCUT2D eigenvalue weighted by Gasteiger charge is -2.27. The van der Waals surface area contributed by atoms with E-state index in [4.69, 9.17) is 11.6 Å². The summed E-state index contributed by atoms with van der Waals surface area (Å²) in [5.41, 5.74) is 1.85. The third-order valence-electron chi connectivity index (χ3n) is 4.28. The Balaban J connectivity index is 2.07. The van der Waals surface area contributed by atoms with Gasteiger partial charge in [-0.25, -0.2) is 0 Å². The first kappa shape index (κ1) is 14.9. The van der Waals surface area contributed by atoms with Crippen LogP contribution < -0.4 is 5.32 Å². The highest BCUT2D eigenvalue weighted by atomic mass is 35.5. The van der Waals surface area contributed by atoms with Crippen molar-refractivity contribution in [1.82, 2.24) is 5.32 Å². The van der Waals surface area contributed by atoms with E-state index in [1.54, 1.807) is 0 Å². The van der Waals surface area contributed by atoms with Crippen molar-refractivity contribution in [2.45, 2.75) is 59.0 Å². The molecule has 0 radical (unpaired) electrons. The van der Waals surface area contributed by atoms with Crippen LogP contribution in [0.3, 0.4) is 0 Å². The fourth-order valence-electron chi connectivity index (χ4n) is 3.18. The van der Waals surface area contributed by atoms with Crippen LogP contribution in [0.25, 0.3) is 0 Å². The highest BCUT2D eigenvalue weighted by molar-refractivity contribution is 6.30. The molecule has 1 N–H and O–H groups in total. The van der Waals surface area contributed by atoms with Gasteiger partial charge in [-0.05, 0) is 48.3 Å². The molecular formula is C17H26ClN. The van der Waals surface area contributed by atoms with Crippen molar-refractivity contribution in [3.8, 4) is 0 Å². The van der Waals surface area contributed by atoms with Gasteiger partial charge in [-0.15, -0.1) is 0 Å². The first-order valence-electron chi connectivity index (χ1n) is 7.39. The Bertz CT molecular complexity index is 408. The zero-order chi connectivity index (χ0) is 14.0. The number of hydrogen-bond donors (Lipinski definition) is 1. The van der Waals surface area contributed by atoms with E-state index in [0.717, 1.165) is 5.02 Å². The molecule has 106 valence electrons. The maximum Gasteiger partial charge on any atom is 0.0406 e. The molecule has 0 bridgehead atoms. The molecule has 1 aliphatic carbocycles. The van der Waals surface area contributed by atoms with Crippen molar-refractivity contribution < 1.29 is 0 Å². The van der Waals surface area contributed by atoms with Gasteiger partial charge in [0, 0.05) is 17.1 Å². The van der Waals surface area contributed by atoms with Gasteiger partial charge in [0.15, 0.2) is 0 Å². The molecule has 1 aromatic carbocycles. The quantitative estimate of drug-likeness (QED) is 0.798. The monoisotopic (exact) mass is 279 g/mol. The van der Waals surface area contributed by atoms with Crippen molar-refractivity contribution in [3.05, 3.63) is 34.9 Å². The van der Waals surface area contributed by atoms with Crippen LogP contribution in [-0.4, -0.2) is 6.04 Å². The van der Waals surface area contributed by atoms with Crippen molar-refractivity contribution in [1.29, 1.82) is 0 Å². The molecule has 19 heavy (non-hydrogen) atoms. The van der Waals surface area contributed by atoms with Crippen LogP contribution in [-0.2, 0) is 0 Å². The summed E-state index contributed by atoms with van der Waals surface area (Å²) in [6, 6.07) is 9.37. The van der Waals surface area contributed by atoms with Crippen molar-refractivity contribution in [3.63, 3.8) is 0 Å². The van der Waals surface area contributed by atoms with Gasteiger partial charge in [-0.2, -0.15) is 0 Å². The smallest absolute Gasteiger partial charge is 0.0406 e. The molecule has 2 unspecified atom stereocenters. The lowest BCUT2D eigenvalue weighted by Crippen LogP contribution is -2.34. The molecule has 0 heterocycles. The van der Waals surface area contributed by atoms with Gasteiger partial charge >= 0.3 is 0 Å². The molecule has 2 heteroatoms. The number of halogens is 1. The fourth-order valence-corrected chi connectivity index (χ4v) is 3.30. The molecule has 0 amide bonds. The van der Waals surface area contributed by atoms with E-state index in [2.05, 4.69) is 45.1 Å². The second-order valence-corrected chi connectivity index (χ2v) is 7.48. The first-order chi connectivity index (χ1) is 8.87. The molecule has 1 aromatic rings. The van der Waals surface area contributed by atoms with E-state index in [9.17, 15) is 0 Å². The summed E-state index contributed by atoms with van der Waals surface area (Å²) in [4.78, 5) is 0. The zero-order valence-electron chi connectivity index (χ0n) is 12.5. The number of benzene rings is 1. The Morgan fingerprint density at radius 2 is 1.84 bits per heavy atom. The van der Waals surface area contributed by atoms with E-state index < -0.39 is 0 Å². The van der Waals surface area contributed by atoms with Crippen LogP contribution in [0.2, 0.25) is 5.02 Å². The molecule has 1 nitrogen and oxygen atoms in total. The number of nitrogens with one attached hydrogen (secondary N) is 1. The standard InChI is InChI=1S/C17H26ClN/c1-12(2)16(13-5-7-14(18)8-6-13)19-15-9-10-17(3,4)11-15/h5-8,12,15-16,19H,9-11H2,1-4H3. The van der Waals surface area contributed by atoms with Gasteiger partial charge in [0.1, 0.15) is 0 Å². The predicted molar refractivity (Wildman–Crippen MR) is 83.6 cm³/mol. The minimum Gasteiger partial charge on any atom is -0.307 e. The van der Waals surface area contributed by atoms with Gasteiger partial charge in [0.05, 0.1) is 0 Å². The molecule has 0 aliphatic heterocycles. The highest BCUT2D eigenvalue weighted by Crippen LogP contribution is 2.38. The van der Waals surface area contributed by atoms with Gasteiger partial charge in [-0.3, -0.25) is 0 Å². The van der Waals surface area contributed by atoms with E-state index >= 15 is 0 Å². The lowest BCUT2D eigenvalue weighted by atomic mass is 9.91. The maximum absolute atomic E-state index is 5.98. The van der Waals surface area contributed by atoms with Crippen LogP contribution in [0.4, 0.5) is 0 Å². The first-order valence-corrected chi connectivity index (χ1v) is 7.77. The Hall–Kier alpha value is -0.530. The Labute approximate surface area is 122 Å². The van der Waals surface area contributed by atoms with Gasteiger partial charge < -0.3 is 5.32 Å². The third kappa shape index (κ3) is 3.97. The van der Waals surface area contributed by atoms with Crippen molar-refractivity contribution in [2.75, 3.05) is 0 Å². The molecule has 0 aromatic heterocycles.